The highest BCUT2D eigenvalue weighted by Gasteiger charge is 2.37. The lowest BCUT2D eigenvalue weighted by Crippen LogP contribution is -2.38. The molecule has 3 N–H and O–H groups in total. The first-order valence-electron chi connectivity index (χ1n) is 9.46. The zero-order chi connectivity index (χ0) is 17.2. The zero-order valence-corrected chi connectivity index (χ0v) is 17.9. The van der Waals surface area contributed by atoms with E-state index in [9.17, 15) is 5.11 Å². The fourth-order valence-electron chi connectivity index (χ4n) is 3.29. The molecular formula is C20H34IN3O. The minimum Gasteiger partial charge on any atom is -0.396 e. The van der Waals surface area contributed by atoms with E-state index in [1.165, 1.54) is 12.0 Å². The van der Waals surface area contributed by atoms with Gasteiger partial charge in [0.15, 0.2) is 5.96 Å². The van der Waals surface area contributed by atoms with E-state index in [1.54, 1.807) is 0 Å². The Morgan fingerprint density at radius 1 is 1.20 bits per heavy atom. The molecule has 0 heterocycles. The summed E-state index contributed by atoms with van der Waals surface area (Å²) in [6.45, 7) is 7.18. The summed E-state index contributed by atoms with van der Waals surface area (Å²) in [4.78, 5) is 4.73. The summed E-state index contributed by atoms with van der Waals surface area (Å²) in [5, 5.41) is 16.0. The van der Waals surface area contributed by atoms with E-state index in [0.29, 0.717) is 17.8 Å². The Kier molecular flexibility index (Phi) is 11.1. The van der Waals surface area contributed by atoms with Crippen molar-refractivity contribution in [2.45, 2.75) is 45.4 Å². The zero-order valence-electron chi connectivity index (χ0n) is 15.6. The predicted molar refractivity (Wildman–Crippen MR) is 117 cm³/mol. The van der Waals surface area contributed by atoms with E-state index in [-0.39, 0.29) is 30.6 Å². The maximum Gasteiger partial charge on any atom is 0.191 e. The third-order valence-electron chi connectivity index (χ3n) is 4.77. The molecule has 25 heavy (non-hydrogen) atoms. The fraction of sp³-hybridized carbons (Fsp3) is 0.650. The number of rotatable bonds is 10. The number of hydrogen-bond donors (Lipinski definition) is 3. The summed E-state index contributed by atoms with van der Waals surface area (Å²) < 4.78 is 0. The molecule has 1 saturated carbocycles. The van der Waals surface area contributed by atoms with Crippen LogP contribution in [0.5, 0.6) is 0 Å². The van der Waals surface area contributed by atoms with Crippen LogP contribution < -0.4 is 10.6 Å². The lowest BCUT2D eigenvalue weighted by Gasteiger charge is -2.15. The highest BCUT2D eigenvalue weighted by Crippen LogP contribution is 2.46. The SMILES string of the molecule is CCCC(CCO)CN=C(NCC)NCC1CC1c1ccccc1.I. The molecule has 3 unspecified atom stereocenters. The van der Waals surface area contributed by atoms with Gasteiger partial charge in [-0.05, 0) is 49.5 Å². The van der Waals surface area contributed by atoms with E-state index in [0.717, 1.165) is 44.9 Å². The van der Waals surface area contributed by atoms with Crippen molar-refractivity contribution in [2.24, 2.45) is 16.8 Å². The number of aliphatic hydroxyl groups excluding tert-OH is 1. The van der Waals surface area contributed by atoms with E-state index >= 15 is 0 Å². The Morgan fingerprint density at radius 2 is 1.96 bits per heavy atom. The number of halogens is 1. The molecule has 4 nitrogen and oxygen atoms in total. The number of nitrogens with one attached hydrogen (secondary N) is 2. The molecule has 5 heteroatoms. The molecule has 2 rings (SSSR count). The Labute approximate surface area is 169 Å². The number of guanidine groups is 1. The molecule has 0 saturated heterocycles. The van der Waals surface area contributed by atoms with Crippen LogP contribution in [-0.4, -0.2) is 37.3 Å². The molecule has 1 aromatic carbocycles. The van der Waals surface area contributed by atoms with Crippen molar-refractivity contribution < 1.29 is 5.11 Å². The second-order valence-corrected chi connectivity index (χ2v) is 6.78. The van der Waals surface area contributed by atoms with Crippen LogP contribution in [0.4, 0.5) is 0 Å². The summed E-state index contributed by atoms with van der Waals surface area (Å²) >= 11 is 0. The van der Waals surface area contributed by atoms with Crippen molar-refractivity contribution in [1.29, 1.82) is 0 Å². The summed E-state index contributed by atoms with van der Waals surface area (Å²) in [7, 11) is 0. The van der Waals surface area contributed by atoms with Gasteiger partial charge >= 0.3 is 0 Å². The molecule has 0 spiro atoms. The van der Waals surface area contributed by atoms with Crippen LogP contribution >= 0.6 is 24.0 Å². The van der Waals surface area contributed by atoms with E-state index in [1.807, 2.05) is 0 Å². The molecule has 1 aliphatic carbocycles. The Hall–Kier alpha value is -0.820. The van der Waals surface area contributed by atoms with Gasteiger partial charge in [0.2, 0.25) is 0 Å². The predicted octanol–water partition coefficient (Wildman–Crippen LogP) is 3.76. The van der Waals surface area contributed by atoms with Gasteiger partial charge in [-0.15, -0.1) is 24.0 Å². The molecule has 0 amide bonds. The van der Waals surface area contributed by atoms with Crippen molar-refractivity contribution >= 4 is 29.9 Å². The van der Waals surface area contributed by atoms with Gasteiger partial charge in [0, 0.05) is 26.2 Å². The van der Waals surface area contributed by atoms with Crippen LogP contribution in [-0.2, 0) is 0 Å². The third kappa shape index (κ3) is 7.94. The van der Waals surface area contributed by atoms with Crippen LogP contribution in [0.25, 0.3) is 0 Å². The average molecular weight is 459 g/mol. The molecule has 1 fully saturated rings. The lowest BCUT2D eigenvalue weighted by molar-refractivity contribution is 0.253. The van der Waals surface area contributed by atoms with Crippen molar-refractivity contribution in [2.75, 3.05) is 26.2 Å². The third-order valence-corrected chi connectivity index (χ3v) is 4.77. The average Bonchev–Trinajstić information content (AvgIpc) is 3.38. The highest BCUT2D eigenvalue weighted by molar-refractivity contribution is 14.0. The maximum atomic E-state index is 9.17. The first-order chi connectivity index (χ1) is 11.8. The standard InChI is InChI=1S/C20H33N3O.HI/c1-3-8-16(11-12-24)14-22-20(21-4-2)23-15-18-13-19(18)17-9-6-5-7-10-17;/h5-7,9-10,16,18-19,24H,3-4,8,11-15H2,1-2H3,(H2,21,22,23);1H. The quantitative estimate of drug-likeness (QED) is 0.284. The van der Waals surface area contributed by atoms with Crippen molar-refractivity contribution in [3.05, 3.63) is 35.9 Å². The summed E-state index contributed by atoms with van der Waals surface area (Å²) in [5.41, 5.74) is 1.46. The van der Waals surface area contributed by atoms with Crippen molar-refractivity contribution in [3.8, 4) is 0 Å². The topological polar surface area (TPSA) is 56.7 Å². The minimum absolute atomic E-state index is 0. The first kappa shape index (κ1) is 22.2. The van der Waals surface area contributed by atoms with Gasteiger partial charge in [-0.3, -0.25) is 4.99 Å². The fourth-order valence-corrected chi connectivity index (χ4v) is 3.29. The summed E-state index contributed by atoms with van der Waals surface area (Å²) in [6, 6.07) is 10.8. The molecular weight excluding hydrogens is 425 g/mol. The smallest absolute Gasteiger partial charge is 0.191 e. The van der Waals surface area contributed by atoms with Crippen LogP contribution in [0.1, 0.15) is 51.0 Å². The van der Waals surface area contributed by atoms with E-state index in [2.05, 4.69) is 54.8 Å². The second-order valence-electron chi connectivity index (χ2n) is 6.78. The van der Waals surface area contributed by atoms with Crippen molar-refractivity contribution in [1.82, 2.24) is 10.6 Å². The van der Waals surface area contributed by atoms with Gasteiger partial charge in [-0.2, -0.15) is 0 Å². The number of benzene rings is 1. The van der Waals surface area contributed by atoms with Gasteiger partial charge in [0.1, 0.15) is 0 Å². The van der Waals surface area contributed by atoms with Crippen molar-refractivity contribution in [3.63, 3.8) is 0 Å². The number of aliphatic imine (C=N–C) groups is 1. The summed E-state index contributed by atoms with van der Waals surface area (Å²) in [5.74, 6) is 2.80. The van der Waals surface area contributed by atoms with Crippen LogP contribution in [0.3, 0.4) is 0 Å². The summed E-state index contributed by atoms with van der Waals surface area (Å²) in [6.07, 6.45) is 4.38. The van der Waals surface area contributed by atoms with Gasteiger partial charge in [-0.1, -0.05) is 43.7 Å². The van der Waals surface area contributed by atoms with Gasteiger partial charge < -0.3 is 15.7 Å². The minimum atomic E-state index is 0. The normalized spacial score (nSPS) is 20.5. The molecule has 3 atom stereocenters. The number of nitrogens with zero attached hydrogens (tertiary/aromatic N) is 1. The molecule has 0 aliphatic heterocycles. The number of aliphatic hydroxyl groups is 1. The van der Waals surface area contributed by atoms with E-state index < -0.39 is 0 Å². The number of hydrogen-bond acceptors (Lipinski definition) is 2. The molecule has 142 valence electrons. The molecule has 0 bridgehead atoms. The maximum absolute atomic E-state index is 9.17. The first-order valence-corrected chi connectivity index (χ1v) is 9.46. The molecule has 1 aliphatic rings. The van der Waals surface area contributed by atoms with Gasteiger partial charge in [0.05, 0.1) is 0 Å². The van der Waals surface area contributed by atoms with Crippen LogP contribution in [0.15, 0.2) is 35.3 Å². The van der Waals surface area contributed by atoms with E-state index in [4.69, 9.17) is 4.99 Å². The Morgan fingerprint density at radius 3 is 2.60 bits per heavy atom. The molecule has 0 aromatic heterocycles. The molecule has 0 radical (unpaired) electrons. The van der Waals surface area contributed by atoms with Gasteiger partial charge in [-0.25, -0.2) is 0 Å². The Bertz CT molecular complexity index is 489. The lowest BCUT2D eigenvalue weighted by atomic mass is 10.0. The monoisotopic (exact) mass is 459 g/mol. The second kappa shape index (κ2) is 12.5. The van der Waals surface area contributed by atoms with Crippen LogP contribution in [0, 0.1) is 11.8 Å². The Balaban J connectivity index is 0.00000312. The molecule has 1 aromatic rings. The highest BCUT2D eigenvalue weighted by atomic mass is 127. The van der Waals surface area contributed by atoms with Gasteiger partial charge in [0.25, 0.3) is 0 Å². The van der Waals surface area contributed by atoms with Crippen LogP contribution in [0.2, 0.25) is 0 Å². The largest absolute Gasteiger partial charge is 0.396 e.